The fraction of sp³-hybridized carbons (Fsp3) is 0.211. The Bertz CT molecular complexity index is 956. The van der Waals surface area contributed by atoms with Crippen LogP contribution in [0.5, 0.6) is 11.5 Å². The van der Waals surface area contributed by atoms with Gasteiger partial charge in [-0.3, -0.25) is 4.79 Å². The Hall–Kier alpha value is -2.80. The number of benzene rings is 2. The maximum absolute atomic E-state index is 12.6. The molecule has 132 valence electrons. The largest absolute Gasteiger partial charge is 0.493 e. The third kappa shape index (κ3) is 2.94. The van der Waals surface area contributed by atoms with Crippen molar-refractivity contribution in [1.29, 1.82) is 0 Å². The van der Waals surface area contributed by atoms with Crippen LogP contribution in [0.1, 0.15) is 22.0 Å². The summed E-state index contributed by atoms with van der Waals surface area (Å²) >= 11 is 1.53. The molecule has 0 aliphatic carbocycles. The molecule has 0 spiro atoms. The highest BCUT2D eigenvalue weighted by Crippen LogP contribution is 2.43. The van der Waals surface area contributed by atoms with Gasteiger partial charge in [0.15, 0.2) is 22.5 Å². The summed E-state index contributed by atoms with van der Waals surface area (Å²) in [5, 5.41) is 4.95. The molecule has 1 atom stereocenters. The highest BCUT2D eigenvalue weighted by molar-refractivity contribution is 7.99. The van der Waals surface area contributed by atoms with E-state index in [2.05, 4.69) is 10.1 Å². The first-order valence-electron chi connectivity index (χ1n) is 8.14. The monoisotopic (exact) mass is 367 g/mol. The van der Waals surface area contributed by atoms with Crippen LogP contribution in [0.3, 0.4) is 0 Å². The number of methoxy groups -OCH3 is 2. The lowest BCUT2D eigenvalue weighted by Gasteiger charge is -2.21. The van der Waals surface area contributed by atoms with Gasteiger partial charge in [0.25, 0.3) is 5.91 Å². The van der Waals surface area contributed by atoms with Gasteiger partial charge in [0, 0.05) is 17.2 Å². The Kier molecular flexibility index (Phi) is 4.38. The lowest BCUT2D eigenvalue weighted by Crippen LogP contribution is -2.21. The number of ether oxygens (including phenoxy) is 2. The molecule has 0 N–H and O–H groups in total. The molecule has 1 aliphatic rings. The molecule has 0 amide bonds. The minimum Gasteiger partial charge on any atom is -0.493 e. The number of thioether (sulfide) groups is 1. The summed E-state index contributed by atoms with van der Waals surface area (Å²) in [6.45, 7) is 0. The van der Waals surface area contributed by atoms with Gasteiger partial charge >= 0.3 is 0 Å². The van der Waals surface area contributed by atoms with Crippen LogP contribution >= 0.6 is 11.8 Å². The Morgan fingerprint density at radius 2 is 1.85 bits per heavy atom. The molecule has 0 bridgehead atoms. The van der Waals surface area contributed by atoms with Gasteiger partial charge in [0.1, 0.15) is 0 Å². The summed E-state index contributed by atoms with van der Waals surface area (Å²) in [5.74, 6) is 1.82. The minimum atomic E-state index is -0.0618. The van der Waals surface area contributed by atoms with E-state index in [1.54, 1.807) is 14.2 Å². The maximum Gasteiger partial charge on any atom is 0.250 e. The molecule has 6 nitrogen and oxygen atoms in total. The molecule has 7 heteroatoms. The van der Waals surface area contributed by atoms with E-state index in [9.17, 15) is 4.79 Å². The van der Waals surface area contributed by atoms with Crippen LogP contribution in [0.4, 0.5) is 0 Å². The zero-order chi connectivity index (χ0) is 18.1. The van der Waals surface area contributed by atoms with Crippen molar-refractivity contribution in [3.8, 4) is 22.9 Å². The average Bonchev–Trinajstić information content (AvgIpc) is 3.13. The van der Waals surface area contributed by atoms with E-state index < -0.39 is 0 Å². The first-order chi connectivity index (χ1) is 12.7. The molecule has 3 aromatic rings. The summed E-state index contributed by atoms with van der Waals surface area (Å²) < 4.78 is 12.1. The zero-order valence-corrected chi connectivity index (χ0v) is 15.2. The van der Waals surface area contributed by atoms with Gasteiger partial charge < -0.3 is 9.47 Å². The SMILES string of the molecule is COc1ccc([C@H]2CC(=O)n3nc(-c4ccccc4)nc3S2)cc1OC. The van der Waals surface area contributed by atoms with Crippen molar-refractivity contribution in [3.05, 3.63) is 54.1 Å². The van der Waals surface area contributed by atoms with Gasteiger partial charge in [-0.1, -0.05) is 48.2 Å². The second-order valence-electron chi connectivity index (χ2n) is 5.81. The molecule has 26 heavy (non-hydrogen) atoms. The van der Waals surface area contributed by atoms with E-state index in [0.717, 1.165) is 11.1 Å². The Balaban J connectivity index is 1.66. The Labute approximate surface area is 155 Å². The maximum atomic E-state index is 12.6. The number of carbonyl (C=O) groups is 1. The van der Waals surface area contributed by atoms with Crippen molar-refractivity contribution in [2.75, 3.05) is 14.2 Å². The third-order valence-electron chi connectivity index (χ3n) is 4.23. The lowest BCUT2D eigenvalue weighted by atomic mass is 10.1. The standard InChI is InChI=1S/C19H17N3O3S/c1-24-14-9-8-13(10-15(14)25-2)16-11-17(23)22-19(26-16)20-18(21-22)12-6-4-3-5-7-12/h3-10,16H,11H2,1-2H3/t16-/m1/s1. The number of nitrogens with zero attached hydrogens (tertiary/aromatic N) is 3. The summed E-state index contributed by atoms with van der Waals surface area (Å²) in [6, 6.07) is 15.4. The van der Waals surface area contributed by atoms with Crippen molar-refractivity contribution >= 4 is 17.7 Å². The van der Waals surface area contributed by atoms with Gasteiger partial charge in [-0.05, 0) is 17.7 Å². The highest BCUT2D eigenvalue weighted by atomic mass is 32.2. The first-order valence-corrected chi connectivity index (χ1v) is 9.02. The van der Waals surface area contributed by atoms with Gasteiger partial charge in [-0.25, -0.2) is 4.98 Å². The van der Waals surface area contributed by atoms with Gasteiger partial charge in [-0.2, -0.15) is 4.68 Å². The second-order valence-corrected chi connectivity index (χ2v) is 6.98. The highest BCUT2D eigenvalue weighted by Gasteiger charge is 2.30. The molecule has 2 heterocycles. The van der Waals surface area contributed by atoms with Crippen molar-refractivity contribution in [2.45, 2.75) is 16.8 Å². The van der Waals surface area contributed by atoms with Crippen molar-refractivity contribution in [3.63, 3.8) is 0 Å². The molecule has 0 unspecified atom stereocenters. The smallest absolute Gasteiger partial charge is 0.250 e. The van der Waals surface area contributed by atoms with Gasteiger partial charge in [0.05, 0.1) is 14.2 Å². The number of carbonyl (C=O) groups excluding carboxylic acids is 1. The summed E-state index contributed by atoms with van der Waals surface area (Å²) in [6.07, 6.45) is 0.352. The molecular weight excluding hydrogens is 350 g/mol. The fourth-order valence-electron chi connectivity index (χ4n) is 2.90. The fourth-order valence-corrected chi connectivity index (χ4v) is 4.04. The van der Waals surface area contributed by atoms with Crippen molar-refractivity contribution in [1.82, 2.24) is 14.8 Å². The molecule has 0 saturated heterocycles. The van der Waals surface area contributed by atoms with E-state index in [1.165, 1.54) is 16.4 Å². The van der Waals surface area contributed by atoms with E-state index >= 15 is 0 Å². The van der Waals surface area contributed by atoms with E-state index in [0.29, 0.717) is 28.9 Å². The molecule has 2 aromatic carbocycles. The molecule has 1 aliphatic heterocycles. The van der Waals surface area contributed by atoms with Gasteiger partial charge in [-0.15, -0.1) is 5.10 Å². The zero-order valence-electron chi connectivity index (χ0n) is 14.4. The lowest BCUT2D eigenvalue weighted by molar-refractivity contribution is 0.0868. The van der Waals surface area contributed by atoms with E-state index in [1.807, 2.05) is 48.5 Å². The number of aromatic nitrogens is 3. The normalized spacial score (nSPS) is 16.2. The molecule has 0 radical (unpaired) electrons. The summed E-state index contributed by atoms with van der Waals surface area (Å²) in [4.78, 5) is 17.1. The van der Waals surface area contributed by atoms with Gasteiger partial charge in [0.2, 0.25) is 0 Å². The third-order valence-corrected chi connectivity index (χ3v) is 5.43. The van der Waals surface area contributed by atoms with Crippen LogP contribution in [0.25, 0.3) is 11.4 Å². The molecule has 1 aromatic heterocycles. The number of hydrogen-bond acceptors (Lipinski definition) is 6. The molecule has 0 saturated carbocycles. The van der Waals surface area contributed by atoms with Crippen LogP contribution in [-0.2, 0) is 0 Å². The number of rotatable bonds is 4. The van der Waals surface area contributed by atoms with Crippen LogP contribution < -0.4 is 9.47 Å². The van der Waals surface area contributed by atoms with Crippen LogP contribution in [0.2, 0.25) is 0 Å². The predicted octanol–water partition coefficient (Wildman–Crippen LogP) is 3.84. The van der Waals surface area contributed by atoms with E-state index in [-0.39, 0.29) is 11.2 Å². The average molecular weight is 367 g/mol. The summed E-state index contributed by atoms with van der Waals surface area (Å²) in [7, 11) is 3.20. The second kappa shape index (κ2) is 6.84. The molecule has 0 fully saturated rings. The van der Waals surface area contributed by atoms with E-state index in [4.69, 9.17) is 9.47 Å². The van der Waals surface area contributed by atoms with Crippen LogP contribution in [0.15, 0.2) is 53.7 Å². The Morgan fingerprint density at radius 3 is 2.58 bits per heavy atom. The first kappa shape index (κ1) is 16.7. The Morgan fingerprint density at radius 1 is 1.08 bits per heavy atom. The molecule has 4 rings (SSSR count). The van der Waals surface area contributed by atoms with Crippen molar-refractivity contribution < 1.29 is 14.3 Å². The van der Waals surface area contributed by atoms with Crippen LogP contribution in [-0.4, -0.2) is 34.9 Å². The number of hydrogen-bond donors (Lipinski definition) is 0. The summed E-state index contributed by atoms with van der Waals surface area (Å²) in [5.41, 5.74) is 1.89. The molecular formula is C19H17N3O3S. The van der Waals surface area contributed by atoms with Crippen LogP contribution in [0, 0.1) is 0 Å². The predicted molar refractivity (Wildman–Crippen MR) is 98.8 cm³/mol. The topological polar surface area (TPSA) is 66.2 Å². The minimum absolute atomic E-state index is 0.0392. The number of fused-ring (bicyclic) bond motifs is 1. The van der Waals surface area contributed by atoms with Crippen molar-refractivity contribution in [2.24, 2.45) is 0 Å². The quantitative estimate of drug-likeness (QED) is 0.698.